The highest BCUT2D eigenvalue weighted by molar-refractivity contribution is 7.94. The Hall–Kier alpha value is -4.89. The van der Waals surface area contributed by atoms with Crippen LogP contribution in [0.3, 0.4) is 0 Å². The molecule has 0 saturated carbocycles. The first kappa shape index (κ1) is 28.6. The van der Waals surface area contributed by atoms with Crippen LogP contribution in [0.5, 0.6) is 0 Å². The van der Waals surface area contributed by atoms with Gasteiger partial charge in [0.25, 0.3) is 15.9 Å². The molecule has 0 bridgehead atoms. The Balaban J connectivity index is 1.27. The zero-order chi connectivity index (χ0) is 29.7. The molecule has 0 spiro atoms. The Kier molecular flexibility index (Phi) is 8.40. The standard InChI is InChI=1S/C30H20ClN3O6S2/c31-24-15-16-26(41-24)42(37,38)34-22-13-11-21(12-14-22)30(36)39-18-25(35)33-29-23(17-32)27(19-7-3-1-4-8-19)28(40-29)20-9-5-2-6-10-20/h1-16,34H,18H2,(H,33,35). The summed E-state index contributed by atoms with van der Waals surface area (Å²) in [6, 6.07) is 28.8. The van der Waals surface area contributed by atoms with Crippen molar-refractivity contribution in [1.29, 1.82) is 5.26 Å². The van der Waals surface area contributed by atoms with Crippen molar-refractivity contribution in [3.05, 3.63) is 113 Å². The predicted octanol–water partition coefficient (Wildman–Crippen LogP) is 6.80. The Bertz CT molecular complexity index is 1900. The fourth-order valence-corrected chi connectivity index (χ4v) is 6.54. The van der Waals surface area contributed by atoms with Crippen LogP contribution in [-0.4, -0.2) is 26.9 Å². The van der Waals surface area contributed by atoms with Crippen LogP contribution in [0.2, 0.25) is 4.34 Å². The highest BCUT2D eigenvalue weighted by Crippen LogP contribution is 2.41. The number of sulfonamides is 1. The summed E-state index contributed by atoms with van der Waals surface area (Å²) in [4.78, 5) is 25.3. The van der Waals surface area contributed by atoms with Gasteiger partial charge in [-0.15, -0.1) is 11.3 Å². The van der Waals surface area contributed by atoms with E-state index in [-0.39, 0.29) is 26.9 Å². The molecular formula is C30H20ClN3O6S2. The minimum absolute atomic E-state index is 0.0462. The van der Waals surface area contributed by atoms with E-state index < -0.39 is 28.5 Å². The molecular weight excluding hydrogens is 598 g/mol. The number of nitrogens with zero attached hydrogens (tertiary/aromatic N) is 1. The Morgan fingerprint density at radius 1 is 0.905 bits per heavy atom. The summed E-state index contributed by atoms with van der Waals surface area (Å²) in [5.41, 5.74) is 2.41. The molecule has 2 heterocycles. The van der Waals surface area contributed by atoms with Gasteiger partial charge in [-0.1, -0.05) is 72.3 Å². The zero-order valence-electron chi connectivity index (χ0n) is 21.5. The molecule has 9 nitrogen and oxygen atoms in total. The van der Waals surface area contributed by atoms with Gasteiger partial charge < -0.3 is 9.15 Å². The number of hydrogen-bond acceptors (Lipinski definition) is 8. The Morgan fingerprint density at radius 3 is 2.14 bits per heavy atom. The number of ether oxygens (including phenoxy) is 1. The summed E-state index contributed by atoms with van der Waals surface area (Å²) in [6.07, 6.45) is 0. The lowest BCUT2D eigenvalue weighted by Crippen LogP contribution is -2.21. The Labute approximate surface area is 250 Å². The van der Waals surface area contributed by atoms with Gasteiger partial charge in [0.1, 0.15) is 21.6 Å². The largest absolute Gasteiger partial charge is 0.452 e. The maximum atomic E-state index is 12.7. The molecule has 1 amide bonds. The molecule has 42 heavy (non-hydrogen) atoms. The lowest BCUT2D eigenvalue weighted by molar-refractivity contribution is -0.119. The van der Waals surface area contributed by atoms with Crippen molar-refractivity contribution in [2.24, 2.45) is 0 Å². The van der Waals surface area contributed by atoms with Crippen LogP contribution in [0.15, 0.2) is 106 Å². The molecule has 0 aliphatic rings. The van der Waals surface area contributed by atoms with E-state index in [4.69, 9.17) is 20.8 Å². The molecule has 5 aromatic rings. The van der Waals surface area contributed by atoms with Crippen molar-refractivity contribution in [2.75, 3.05) is 16.6 Å². The van der Waals surface area contributed by atoms with Gasteiger partial charge in [-0.2, -0.15) is 5.26 Å². The van der Waals surface area contributed by atoms with Gasteiger partial charge in [0.15, 0.2) is 6.61 Å². The van der Waals surface area contributed by atoms with Crippen LogP contribution in [0.25, 0.3) is 22.5 Å². The average Bonchev–Trinajstić information content (AvgIpc) is 3.61. The van der Waals surface area contributed by atoms with Crippen molar-refractivity contribution >= 4 is 56.4 Å². The van der Waals surface area contributed by atoms with Crippen LogP contribution in [-0.2, 0) is 19.6 Å². The summed E-state index contributed by atoms with van der Waals surface area (Å²) >= 11 is 6.74. The predicted molar refractivity (Wildman–Crippen MR) is 160 cm³/mol. The van der Waals surface area contributed by atoms with E-state index in [2.05, 4.69) is 16.1 Å². The molecule has 210 valence electrons. The van der Waals surface area contributed by atoms with Gasteiger partial charge in [-0.25, -0.2) is 13.2 Å². The van der Waals surface area contributed by atoms with Gasteiger partial charge in [0.05, 0.1) is 9.90 Å². The summed E-state index contributed by atoms with van der Waals surface area (Å²) in [5, 5.41) is 12.5. The Morgan fingerprint density at radius 2 is 1.55 bits per heavy atom. The second kappa shape index (κ2) is 12.3. The molecule has 0 aliphatic heterocycles. The summed E-state index contributed by atoms with van der Waals surface area (Å²) in [6.45, 7) is -0.654. The molecule has 3 aromatic carbocycles. The first-order valence-corrected chi connectivity index (χ1v) is 15.0. The maximum absolute atomic E-state index is 12.7. The second-order valence-corrected chi connectivity index (χ2v) is 12.3. The number of rotatable bonds is 9. The number of halogens is 1. The smallest absolute Gasteiger partial charge is 0.338 e. The number of thiophene rings is 1. The van der Waals surface area contributed by atoms with Crippen LogP contribution in [0.4, 0.5) is 11.6 Å². The van der Waals surface area contributed by atoms with Gasteiger partial charge in [-0.3, -0.25) is 14.8 Å². The molecule has 0 radical (unpaired) electrons. The number of furan rings is 1. The fraction of sp³-hybridized carbons (Fsp3) is 0.0333. The quantitative estimate of drug-likeness (QED) is 0.173. The van der Waals surface area contributed by atoms with Crippen molar-refractivity contribution in [3.8, 4) is 28.5 Å². The van der Waals surface area contributed by atoms with Crippen molar-refractivity contribution in [2.45, 2.75) is 4.21 Å². The normalized spacial score (nSPS) is 11.0. The molecule has 0 aliphatic carbocycles. The van der Waals surface area contributed by atoms with E-state index in [1.54, 1.807) is 0 Å². The molecule has 0 fully saturated rings. The minimum atomic E-state index is -3.84. The van der Waals surface area contributed by atoms with E-state index in [1.807, 2.05) is 60.7 Å². The second-order valence-electron chi connectivity index (χ2n) is 8.72. The van der Waals surface area contributed by atoms with Crippen LogP contribution < -0.4 is 10.0 Å². The number of benzene rings is 3. The van der Waals surface area contributed by atoms with Gasteiger partial charge in [-0.05, 0) is 42.0 Å². The number of amides is 1. The summed E-state index contributed by atoms with van der Waals surface area (Å²) < 4.78 is 38.8. The molecule has 2 aromatic heterocycles. The van der Waals surface area contributed by atoms with E-state index in [9.17, 15) is 23.3 Å². The van der Waals surface area contributed by atoms with Gasteiger partial charge >= 0.3 is 5.97 Å². The average molecular weight is 618 g/mol. The highest BCUT2D eigenvalue weighted by Gasteiger charge is 2.24. The van der Waals surface area contributed by atoms with E-state index in [0.717, 1.165) is 16.9 Å². The SMILES string of the molecule is N#Cc1c(NC(=O)COC(=O)c2ccc(NS(=O)(=O)c3ccc(Cl)s3)cc2)oc(-c2ccccc2)c1-c1ccccc1. The van der Waals surface area contributed by atoms with Gasteiger partial charge in [0.2, 0.25) is 5.88 Å². The van der Waals surface area contributed by atoms with Crippen LogP contribution in [0, 0.1) is 11.3 Å². The molecule has 12 heteroatoms. The highest BCUT2D eigenvalue weighted by atomic mass is 35.5. The fourth-order valence-electron chi connectivity index (χ4n) is 4.00. The van der Waals surface area contributed by atoms with Crippen molar-refractivity contribution in [1.82, 2.24) is 0 Å². The summed E-state index contributed by atoms with van der Waals surface area (Å²) in [7, 11) is -3.84. The number of carbonyl (C=O) groups is 2. The van der Waals surface area contributed by atoms with Crippen LogP contribution >= 0.6 is 22.9 Å². The third kappa shape index (κ3) is 6.37. The van der Waals surface area contributed by atoms with Crippen molar-refractivity contribution in [3.63, 3.8) is 0 Å². The first-order chi connectivity index (χ1) is 20.2. The molecule has 0 atom stereocenters. The number of esters is 1. The number of anilines is 2. The van der Waals surface area contributed by atoms with Gasteiger partial charge in [0, 0.05) is 16.8 Å². The molecule has 2 N–H and O–H groups in total. The van der Waals surface area contributed by atoms with E-state index in [1.165, 1.54) is 36.4 Å². The maximum Gasteiger partial charge on any atom is 0.338 e. The minimum Gasteiger partial charge on any atom is -0.452 e. The number of hydrogen-bond donors (Lipinski definition) is 2. The lowest BCUT2D eigenvalue weighted by Gasteiger charge is -2.08. The molecule has 5 rings (SSSR count). The van der Waals surface area contributed by atoms with Crippen LogP contribution in [0.1, 0.15) is 15.9 Å². The first-order valence-electron chi connectivity index (χ1n) is 12.3. The molecule has 0 unspecified atom stereocenters. The lowest BCUT2D eigenvalue weighted by atomic mass is 9.98. The number of nitriles is 1. The topological polar surface area (TPSA) is 138 Å². The monoisotopic (exact) mass is 617 g/mol. The number of nitrogens with one attached hydrogen (secondary N) is 2. The molecule has 0 saturated heterocycles. The number of carbonyl (C=O) groups excluding carboxylic acids is 2. The van der Waals surface area contributed by atoms with E-state index in [0.29, 0.717) is 21.2 Å². The third-order valence-corrected chi connectivity index (χ3v) is 9.00. The summed E-state index contributed by atoms with van der Waals surface area (Å²) in [5.74, 6) is -1.19. The van der Waals surface area contributed by atoms with E-state index >= 15 is 0 Å². The third-order valence-electron chi connectivity index (χ3n) is 5.89. The zero-order valence-corrected chi connectivity index (χ0v) is 23.9. The van der Waals surface area contributed by atoms with Crippen molar-refractivity contribution < 1.29 is 27.2 Å².